The van der Waals surface area contributed by atoms with Crippen LogP contribution in [0.5, 0.6) is 0 Å². The summed E-state index contributed by atoms with van der Waals surface area (Å²) >= 11 is 5.93. The first-order chi connectivity index (χ1) is 8.16. The summed E-state index contributed by atoms with van der Waals surface area (Å²) in [5, 5.41) is 1.67. The number of rotatable bonds is 3. The van der Waals surface area contributed by atoms with E-state index in [4.69, 9.17) is 11.6 Å². The molecule has 1 aromatic carbocycles. The first kappa shape index (κ1) is 10.8. The van der Waals surface area contributed by atoms with Crippen LogP contribution in [0, 0.1) is 11.8 Å². The number of carbonyl (C=O) groups excluding carboxylic acids is 1. The van der Waals surface area contributed by atoms with E-state index < -0.39 is 0 Å². The summed E-state index contributed by atoms with van der Waals surface area (Å²) in [5.74, 6) is 0.991. The molecule has 0 aliphatic heterocycles. The Bertz CT molecular complexity index is 583. The second-order valence-electron chi connectivity index (χ2n) is 4.88. The number of hydrogen-bond acceptors (Lipinski definition) is 1. The number of Topliss-reactive ketones (excluding diaryl/α,β-unsaturated/α-hetero) is 1. The lowest BCUT2D eigenvalue weighted by atomic mass is 9.95. The van der Waals surface area contributed by atoms with Crippen LogP contribution in [-0.4, -0.2) is 10.8 Å². The van der Waals surface area contributed by atoms with E-state index in [2.05, 4.69) is 4.98 Å². The molecule has 17 heavy (non-hydrogen) atoms. The van der Waals surface area contributed by atoms with Gasteiger partial charge in [0, 0.05) is 33.6 Å². The van der Waals surface area contributed by atoms with E-state index in [0.29, 0.717) is 10.9 Å². The van der Waals surface area contributed by atoms with Crippen LogP contribution in [0.15, 0.2) is 24.4 Å². The van der Waals surface area contributed by atoms with Gasteiger partial charge in [-0.05, 0) is 30.9 Å². The quantitative estimate of drug-likeness (QED) is 0.816. The zero-order valence-electron chi connectivity index (χ0n) is 9.66. The molecule has 1 aliphatic carbocycles. The fourth-order valence-electron chi connectivity index (χ4n) is 2.36. The van der Waals surface area contributed by atoms with Gasteiger partial charge in [0.25, 0.3) is 0 Å². The maximum absolute atomic E-state index is 12.3. The Morgan fingerprint density at radius 3 is 2.94 bits per heavy atom. The number of aromatic nitrogens is 1. The summed E-state index contributed by atoms with van der Waals surface area (Å²) in [5.41, 5.74) is 1.74. The Kier molecular flexibility index (Phi) is 2.48. The lowest BCUT2D eigenvalue weighted by Crippen LogP contribution is -2.12. The number of carbonyl (C=O) groups is 1. The molecule has 1 saturated carbocycles. The number of halogens is 1. The zero-order valence-corrected chi connectivity index (χ0v) is 10.4. The number of nitrogens with one attached hydrogen (secondary N) is 1. The highest BCUT2D eigenvalue weighted by Crippen LogP contribution is 2.39. The van der Waals surface area contributed by atoms with Crippen LogP contribution in [-0.2, 0) is 0 Å². The molecule has 0 spiro atoms. The monoisotopic (exact) mass is 247 g/mol. The minimum Gasteiger partial charge on any atom is -0.360 e. The molecular formula is C14H14ClNO. The van der Waals surface area contributed by atoms with Crippen molar-refractivity contribution in [1.29, 1.82) is 0 Å². The van der Waals surface area contributed by atoms with Crippen molar-refractivity contribution in [2.24, 2.45) is 11.8 Å². The summed E-state index contributed by atoms with van der Waals surface area (Å²) in [6.45, 7) is 2.04. The Morgan fingerprint density at radius 2 is 2.24 bits per heavy atom. The Morgan fingerprint density at radius 1 is 1.47 bits per heavy atom. The molecule has 88 valence electrons. The van der Waals surface area contributed by atoms with E-state index in [1.54, 1.807) is 0 Å². The van der Waals surface area contributed by atoms with Gasteiger partial charge in [-0.1, -0.05) is 24.6 Å². The normalized spacial score (nSPS) is 17.3. The van der Waals surface area contributed by atoms with Gasteiger partial charge >= 0.3 is 0 Å². The van der Waals surface area contributed by atoms with E-state index in [-0.39, 0.29) is 11.7 Å². The molecule has 0 radical (unpaired) electrons. The third kappa shape index (κ3) is 1.87. The van der Waals surface area contributed by atoms with Crippen LogP contribution in [0.3, 0.4) is 0 Å². The maximum Gasteiger partial charge on any atom is 0.168 e. The highest BCUT2D eigenvalue weighted by atomic mass is 35.5. The van der Waals surface area contributed by atoms with Crippen molar-refractivity contribution in [2.75, 3.05) is 0 Å². The van der Waals surface area contributed by atoms with Crippen LogP contribution in [0.4, 0.5) is 0 Å². The topological polar surface area (TPSA) is 32.9 Å². The molecular weight excluding hydrogens is 234 g/mol. The van der Waals surface area contributed by atoms with Gasteiger partial charge < -0.3 is 4.98 Å². The molecule has 0 amide bonds. The Balaban J connectivity index is 2.02. The molecule has 1 fully saturated rings. The van der Waals surface area contributed by atoms with Gasteiger partial charge in [-0.2, -0.15) is 0 Å². The second kappa shape index (κ2) is 3.88. The predicted octanol–water partition coefficient (Wildman–Crippen LogP) is 4.05. The minimum atomic E-state index is 0.143. The molecule has 1 N–H and O–H groups in total. The largest absolute Gasteiger partial charge is 0.360 e. The van der Waals surface area contributed by atoms with E-state index in [9.17, 15) is 4.79 Å². The summed E-state index contributed by atoms with van der Waals surface area (Å²) in [6, 6.07) is 5.60. The third-order valence-corrected chi connectivity index (χ3v) is 3.89. The molecule has 1 aliphatic rings. The van der Waals surface area contributed by atoms with Gasteiger partial charge in [-0.3, -0.25) is 4.79 Å². The Labute approximate surface area is 105 Å². The number of benzene rings is 1. The minimum absolute atomic E-state index is 0.143. The fourth-order valence-corrected chi connectivity index (χ4v) is 2.53. The molecule has 1 atom stereocenters. The average molecular weight is 248 g/mol. The summed E-state index contributed by atoms with van der Waals surface area (Å²) in [4.78, 5) is 15.5. The SMILES string of the molecule is CC(C(=O)c1c[nH]c2cc(Cl)ccc12)C1CC1. The number of ketones is 1. The van der Waals surface area contributed by atoms with Gasteiger partial charge in [-0.15, -0.1) is 0 Å². The van der Waals surface area contributed by atoms with Crippen LogP contribution in [0.2, 0.25) is 5.02 Å². The molecule has 2 nitrogen and oxygen atoms in total. The zero-order chi connectivity index (χ0) is 12.0. The van der Waals surface area contributed by atoms with Crippen molar-refractivity contribution in [3.63, 3.8) is 0 Å². The fraction of sp³-hybridized carbons (Fsp3) is 0.357. The van der Waals surface area contributed by atoms with Crippen molar-refractivity contribution in [3.8, 4) is 0 Å². The molecule has 2 aromatic rings. The van der Waals surface area contributed by atoms with E-state index in [0.717, 1.165) is 16.5 Å². The molecule has 1 unspecified atom stereocenters. The van der Waals surface area contributed by atoms with Crippen molar-refractivity contribution in [3.05, 3.63) is 35.0 Å². The van der Waals surface area contributed by atoms with Crippen molar-refractivity contribution < 1.29 is 4.79 Å². The lowest BCUT2D eigenvalue weighted by molar-refractivity contribution is 0.0918. The van der Waals surface area contributed by atoms with Crippen molar-refractivity contribution in [2.45, 2.75) is 19.8 Å². The molecule has 3 rings (SSSR count). The standard InChI is InChI=1S/C14H14ClNO/c1-8(9-2-3-9)14(17)12-7-16-13-6-10(15)4-5-11(12)13/h4-9,16H,2-3H2,1H3. The summed E-state index contributed by atoms with van der Waals surface area (Å²) in [6.07, 6.45) is 4.20. The Hall–Kier alpha value is -1.28. The molecule has 1 heterocycles. The summed E-state index contributed by atoms with van der Waals surface area (Å²) < 4.78 is 0. The highest BCUT2D eigenvalue weighted by Gasteiger charge is 2.33. The predicted molar refractivity (Wildman–Crippen MR) is 69.5 cm³/mol. The third-order valence-electron chi connectivity index (χ3n) is 3.65. The first-order valence-corrected chi connectivity index (χ1v) is 6.35. The number of aromatic amines is 1. The number of H-pyrrole nitrogens is 1. The average Bonchev–Trinajstić information content (AvgIpc) is 3.08. The highest BCUT2D eigenvalue weighted by molar-refractivity contribution is 6.31. The number of hydrogen-bond donors (Lipinski definition) is 1. The summed E-state index contributed by atoms with van der Waals surface area (Å²) in [7, 11) is 0. The first-order valence-electron chi connectivity index (χ1n) is 5.97. The molecule has 3 heteroatoms. The molecule has 1 aromatic heterocycles. The smallest absolute Gasteiger partial charge is 0.168 e. The van der Waals surface area contributed by atoms with E-state index >= 15 is 0 Å². The molecule has 0 bridgehead atoms. The van der Waals surface area contributed by atoms with E-state index in [1.807, 2.05) is 31.3 Å². The van der Waals surface area contributed by atoms with Gasteiger partial charge in [0.1, 0.15) is 0 Å². The van der Waals surface area contributed by atoms with Crippen molar-refractivity contribution in [1.82, 2.24) is 4.98 Å². The van der Waals surface area contributed by atoms with Crippen molar-refractivity contribution >= 4 is 28.3 Å². The molecule has 0 saturated heterocycles. The van der Waals surface area contributed by atoms with Gasteiger partial charge in [0.05, 0.1) is 0 Å². The second-order valence-corrected chi connectivity index (χ2v) is 5.32. The van der Waals surface area contributed by atoms with Crippen LogP contribution in [0.1, 0.15) is 30.1 Å². The van der Waals surface area contributed by atoms with Gasteiger partial charge in [-0.25, -0.2) is 0 Å². The number of fused-ring (bicyclic) bond motifs is 1. The lowest BCUT2D eigenvalue weighted by Gasteiger charge is -2.07. The van der Waals surface area contributed by atoms with Crippen LogP contribution in [0.25, 0.3) is 10.9 Å². The van der Waals surface area contributed by atoms with Crippen LogP contribution < -0.4 is 0 Å². The maximum atomic E-state index is 12.3. The van der Waals surface area contributed by atoms with Gasteiger partial charge in [0.15, 0.2) is 5.78 Å². The van der Waals surface area contributed by atoms with E-state index in [1.165, 1.54) is 12.8 Å². The van der Waals surface area contributed by atoms with Gasteiger partial charge in [0.2, 0.25) is 0 Å². The van der Waals surface area contributed by atoms with Crippen LogP contribution >= 0.6 is 11.6 Å².